The van der Waals surface area contributed by atoms with Crippen molar-refractivity contribution in [2.45, 2.75) is 89.1 Å². The summed E-state index contributed by atoms with van der Waals surface area (Å²) < 4.78 is 0. The van der Waals surface area contributed by atoms with Gasteiger partial charge in [0.2, 0.25) is 11.8 Å². The summed E-state index contributed by atoms with van der Waals surface area (Å²) in [6.07, 6.45) is 12.3. The highest BCUT2D eigenvalue weighted by Crippen LogP contribution is 2.28. The molecule has 8 heteroatoms. The molecule has 0 aromatic heterocycles. The third-order valence-corrected chi connectivity index (χ3v) is 6.06. The Morgan fingerprint density at radius 1 is 1.10 bits per heavy atom. The average molecular weight is 408 g/mol. The number of likely N-dealkylation sites (tertiary alicyclic amines) is 1. The van der Waals surface area contributed by atoms with E-state index < -0.39 is 12.1 Å². The molecule has 0 aromatic carbocycles. The molecular formula is C21H37N5O3. The fraction of sp³-hybridized carbons (Fsp3) is 0.810. The van der Waals surface area contributed by atoms with Gasteiger partial charge in [0.05, 0.1) is 6.04 Å². The van der Waals surface area contributed by atoms with Gasteiger partial charge in [0.1, 0.15) is 12.3 Å². The fourth-order valence-corrected chi connectivity index (χ4v) is 4.47. The molecule has 2 rings (SSSR count). The topological polar surface area (TPSA) is 131 Å². The van der Waals surface area contributed by atoms with Gasteiger partial charge in [-0.1, -0.05) is 32.1 Å². The molecule has 2 aliphatic rings. The number of rotatable bonds is 11. The van der Waals surface area contributed by atoms with Crippen molar-refractivity contribution in [3.8, 4) is 0 Å². The van der Waals surface area contributed by atoms with Crippen LogP contribution in [0.4, 0.5) is 0 Å². The highest BCUT2D eigenvalue weighted by molar-refractivity contribution is 5.89. The van der Waals surface area contributed by atoms with Crippen LogP contribution in [0.25, 0.3) is 0 Å². The van der Waals surface area contributed by atoms with E-state index in [2.05, 4.69) is 10.3 Å². The maximum Gasteiger partial charge on any atom is 0.243 e. The summed E-state index contributed by atoms with van der Waals surface area (Å²) in [6.45, 7) is 1.04. The van der Waals surface area contributed by atoms with Gasteiger partial charge in [-0.3, -0.25) is 14.6 Å². The molecule has 2 amide bonds. The van der Waals surface area contributed by atoms with Crippen LogP contribution in [-0.2, 0) is 14.4 Å². The van der Waals surface area contributed by atoms with E-state index in [0.29, 0.717) is 38.8 Å². The second-order valence-electron chi connectivity index (χ2n) is 8.34. The third kappa shape index (κ3) is 8.03. The number of nitrogens with zero attached hydrogens (tertiary/aromatic N) is 2. The first-order valence-electron chi connectivity index (χ1n) is 11.1. The SMILES string of the molecule is NC(N)=NCCCC(C=O)NC(=O)C1CCCN1C(=O)CCCC1CCCCC1. The van der Waals surface area contributed by atoms with E-state index in [-0.39, 0.29) is 17.8 Å². The van der Waals surface area contributed by atoms with Gasteiger partial charge in [0.25, 0.3) is 0 Å². The molecule has 0 bridgehead atoms. The van der Waals surface area contributed by atoms with Gasteiger partial charge in [-0.2, -0.15) is 0 Å². The second kappa shape index (κ2) is 12.4. The number of hydrogen-bond acceptors (Lipinski definition) is 4. The van der Waals surface area contributed by atoms with Crippen molar-refractivity contribution >= 4 is 24.1 Å². The molecule has 2 atom stereocenters. The molecule has 1 aliphatic carbocycles. The Balaban J connectivity index is 1.75. The molecule has 1 saturated heterocycles. The number of guanidine groups is 1. The van der Waals surface area contributed by atoms with E-state index in [4.69, 9.17) is 11.5 Å². The van der Waals surface area contributed by atoms with Gasteiger partial charge >= 0.3 is 0 Å². The van der Waals surface area contributed by atoms with Crippen molar-refractivity contribution in [2.75, 3.05) is 13.1 Å². The predicted molar refractivity (Wildman–Crippen MR) is 113 cm³/mol. The van der Waals surface area contributed by atoms with Crippen LogP contribution in [0.2, 0.25) is 0 Å². The van der Waals surface area contributed by atoms with Gasteiger partial charge in [-0.05, 0) is 44.4 Å². The van der Waals surface area contributed by atoms with Crippen LogP contribution in [-0.4, -0.2) is 54.1 Å². The first-order chi connectivity index (χ1) is 14.0. The van der Waals surface area contributed by atoms with Crippen LogP contribution in [0.1, 0.15) is 77.0 Å². The zero-order valence-electron chi connectivity index (χ0n) is 17.5. The molecule has 0 radical (unpaired) electrons. The van der Waals surface area contributed by atoms with Crippen molar-refractivity contribution in [2.24, 2.45) is 22.4 Å². The molecule has 29 heavy (non-hydrogen) atoms. The Hall–Kier alpha value is -2.12. The van der Waals surface area contributed by atoms with Crippen LogP contribution in [0, 0.1) is 5.92 Å². The van der Waals surface area contributed by atoms with Crippen molar-refractivity contribution < 1.29 is 14.4 Å². The van der Waals surface area contributed by atoms with Crippen LogP contribution >= 0.6 is 0 Å². The van der Waals surface area contributed by atoms with Crippen LogP contribution in [0.5, 0.6) is 0 Å². The third-order valence-electron chi connectivity index (χ3n) is 6.06. The van der Waals surface area contributed by atoms with E-state index in [0.717, 1.165) is 31.5 Å². The molecule has 1 saturated carbocycles. The smallest absolute Gasteiger partial charge is 0.243 e. The molecule has 2 unspecified atom stereocenters. The molecular weight excluding hydrogens is 370 g/mol. The van der Waals surface area contributed by atoms with Gasteiger partial charge < -0.3 is 26.5 Å². The number of aliphatic imine (C=N–C) groups is 1. The number of aldehydes is 1. The molecule has 1 aliphatic heterocycles. The Morgan fingerprint density at radius 3 is 2.55 bits per heavy atom. The minimum Gasteiger partial charge on any atom is -0.370 e. The maximum atomic E-state index is 12.7. The van der Waals surface area contributed by atoms with E-state index in [9.17, 15) is 14.4 Å². The molecule has 8 nitrogen and oxygen atoms in total. The first kappa shape index (κ1) is 23.2. The summed E-state index contributed by atoms with van der Waals surface area (Å²) in [5.74, 6) is 0.609. The summed E-state index contributed by atoms with van der Waals surface area (Å²) in [7, 11) is 0. The largest absolute Gasteiger partial charge is 0.370 e. The Bertz CT molecular complexity index is 571. The number of carbonyl (C=O) groups is 3. The van der Waals surface area contributed by atoms with Crippen molar-refractivity contribution in [3.05, 3.63) is 0 Å². The Morgan fingerprint density at radius 2 is 1.86 bits per heavy atom. The minimum absolute atomic E-state index is 0.0142. The van der Waals surface area contributed by atoms with E-state index >= 15 is 0 Å². The van der Waals surface area contributed by atoms with Crippen molar-refractivity contribution in [3.63, 3.8) is 0 Å². The molecule has 0 aromatic rings. The van der Waals surface area contributed by atoms with Gasteiger partial charge in [-0.25, -0.2) is 0 Å². The van der Waals surface area contributed by atoms with E-state index in [1.165, 1.54) is 32.1 Å². The second-order valence-corrected chi connectivity index (χ2v) is 8.34. The zero-order chi connectivity index (χ0) is 21.1. The summed E-state index contributed by atoms with van der Waals surface area (Å²) in [4.78, 5) is 42.2. The Kier molecular flexibility index (Phi) is 9.94. The summed E-state index contributed by atoms with van der Waals surface area (Å²) >= 11 is 0. The van der Waals surface area contributed by atoms with E-state index in [1.807, 2.05) is 0 Å². The minimum atomic E-state index is -0.583. The van der Waals surface area contributed by atoms with Crippen LogP contribution in [0.15, 0.2) is 4.99 Å². The molecule has 2 fully saturated rings. The highest BCUT2D eigenvalue weighted by Gasteiger charge is 2.34. The lowest BCUT2D eigenvalue weighted by Crippen LogP contribution is -2.49. The lowest BCUT2D eigenvalue weighted by Gasteiger charge is -2.26. The summed E-state index contributed by atoms with van der Waals surface area (Å²) in [6, 6.07) is -1.04. The highest BCUT2D eigenvalue weighted by atomic mass is 16.2. The molecule has 0 spiro atoms. The van der Waals surface area contributed by atoms with Gasteiger partial charge in [0, 0.05) is 19.5 Å². The quantitative estimate of drug-likeness (QED) is 0.207. The van der Waals surface area contributed by atoms with Crippen molar-refractivity contribution in [1.29, 1.82) is 0 Å². The van der Waals surface area contributed by atoms with Crippen molar-refractivity contribution in [1.82, 2.24) is 10.2 Å². The first-order valence-corrected chi connectivity index (χ1v) is 11.1. The maximum absolute atomic E-state index is 12.7. The van der Waals surface area contributed by atoms with Gasteiger partial charge in [0.15, 0.2) is 5.96 Å². The monoisotopic (exact) mass is 407 g/mol. The number of carbonyl (C=O) groups excluding carboxylic acids is 3. The fourth-order valence-electron chi connectivity index (χ4n) is 4.47. The normalized spacial score (nSPS) is 20.8. The number of nitrogens with one attached hydrogen (secondary N) is 1. The Labute approximate surface area is 173 Å². The van der Waals surface area contributed by atoms with Crippen LogP contribution in [0.3, 0.4) is 0 Å². The lowest BCUT2D eigenvalue weighted by atomic mass is 9.86. The molecule has 164 valence electrons. The molecule has 5 N–H and O–H groups in total. The predicted octanol–water partition coefficient (Wildman–Crippen LogP) is 1.47. The van der Waals surface area contributed by atoms with Gasteiger partial charge in [-0.15, -0.1) is 0 Å². The van der Waals surface area contributed by atoms with Crippen LogP contribution < -0.4 is 16.8 Å². The lowest BCUT2D eigenvalue weighted by molar-refractivity contribution is -0.139. The molecule has 1 heterocycles. The number of hydrogen-bond donors (Lipinski definition) is 3. The standard InChI is InChI=1S/C21H37N5O3/c22-21(23)24-13-5-10-17(15-27)25-20(29)18-11-6-14-26(18)19(28)12-4-9-16-7-2-1-3-8-16/h15-18H,1-14H2,(H,25,29)(H4,22,23,24). The summed E-state index contributed by atoms with van der Waals surface area (Å²) in [5.41, 5.74) is 10.6. The number of nitrogens with two attached hydrogens (primary N) is 2. The van der Waals surface area contributed by atoms with E-state index in [1.54, 1.807) is 4.90 Å². The number of amides is 2. The zero-order valence-corrected chi connectivity index (χ0v) is 17.5. The summed E-state index contributed by atoms with van der Waals surface area (Å²) in [5, 5.41) is 2.78. The average Bonchev–Trinajstić information content (AvgIpc) is 3.21.